The summed E-state index contributed by atoms with van der Waals surface area (Å²) in [5.74, 6) is -0.988. The first kappa shape index (κ1) is 27.0. The van der Waals surface area contributed by atoms with Gasteiger partial charge in [-0.05, 0) is 57.6 Å². The van der Waals surface area contributed by atoms with Crippen molar-refractivity contribution in [2.24, 2.45) is 0 Å². The first-order valence-electron chi connectivity index (χ1n) is 12.9. The molecule has 1 saturated carbocycles. The first-order chi connectivity index (χ1) is 18.6. The van der Waals surface area contributed by atoms with Crippen molar-refractivity contribution in [3.63, 3.8) is 0 Å². The maximum absolute atomic E-state index is 14.0. The second kappa shape index (κ2) is 10.6. The van der Waals surface area contributed by atoms with Gasteiger partial charge >= 0.3 is 11.7 Å². The minimum absolute atomic E-state index is 0.0549. The third-order valence-corrected chi connectivity index (χ3v) is 8.74. The summed E-state index contributed by atoms with van der Waals surface area (Å²) in [5.41, 5.74) is -1.80. The van der Waals surface area contributed by atoms with E-state index in [9.17, 15) is 24.6 Å². The Labute approximate surface area is 228 Å². The molecule has 1 atom stereocenters. The molecule has 0 bridgehead atoms. The lowest BCUT2D eigenvalue weighted by molar-refractivity contribution is -0.146. The number of rotatable bonds is 8. The summed E-state index contributed by atoms with van der Waals surface area (Å²) in [7, 11) is 0. The fraction of sp³-hybridized carbons (Fsp3) is 0.429. The number of aliphatic hydroxyl groups is 1. The van der Waals surface area contributed by atoms with Crippen LogP contribution in [0.2, 0.25) is 0 Å². The number of fused-ring (bicyclic) bond motifs is 1. The fourth-order valence-corrected chi connectivity index (χ4v) is 6.35. The monoisotopic (exact) mass is 553 g/mol. The van der Waals surface area contributed by atoms with E-state index in [1.54, 1.807) is 6.92 Å². The zero-order chi connectivity index (χ0) is 27.9. The molecule has 0 radical (unpaired) electrons. The summed E-state index contributed by atoms with van der Waals surface area (Å²) in [6, 6.07) is 9.50. The van der Waals surface area contributed by atoms with Gasteiger partial charge in [-0.15, -0.1) is 11.3 Å². The highest BCUT2D eigenvalue weighted by atomic mass is 32.1. The fourth-order valence-electron chi connectivity index (χ4n) is 5.11. The number of carbonyl (C=O) groups is 1. The minimum atomic E-state index is -1.80. The van der Waals surface area contributed by atoms with Crippen LogP contribution in [0, 0.1) is 6.92 Å². The largest absolute Gasteiger partial charge is 0.480 e. The highest BCUT2D eigenvalue weighted by Crippen LogP contribution is 2.37. The molecule has 2 N–H and O–H groups in total. The zero-order valence-electron chi connectivity index (χ0n) is 22.0. The number of aromatic nitrogens is 3. The smallest absolute Gasteiger partial charge is 0.333 e. The molecule has 0 spiro atoms. The highest BCUT2D eigenvalue weighted by molar-refractivity contribution is 7.22. The van der Waals surface area contributed by atoms with Gasteiger partial charge in [-0.25, -0.2) is 19.1 Å². The Kier molecular flexibility index (Phi) is 7.32. The number of aliphatic hydroxyl groups excluding tert-OH is 1. The van der Waals surface area contributed by atoms with Crippen molar-refractivity contribution < 1.29 is 24.2 Å². The minimum Gasteiger partial charge on any atom is -0.480 e. The summed E-state index contributed by atoms with van der Waals surface area (Å²) in [6.07, 6.45) is 4.57. The molecule has 11 heteroatoms. The number of thiophene rings is 1. The van der Waals surface area contributed by atoms with Gasteiger partial charge < -0.3 is 19.4 Å². The Morgan fingerprint density at radius 3 is 2.51 bits per heavy atom. The Morgan fingerprint density at radius 1 is 1.21 bits per heavy atom. The summed E-state index contributed by atoms with van der Waals surface area (Å²) in [5, 5.41) is 20.2. The number of hydrogen-bond acceptors (Lipinski definition) is 8. The number of aryl methyl sites for hydroxylation is 1. The van der Waals surface area contributed by atoms with Gasteiger partial charge in [0.05, 0.1) is 35.2 Å². The third-order valence-electron chi connectivity index (χ3n) is 7.44. The van der Waals surface area contributed by atoms with Crippen molar-refractivity contribution in [3.05, 3.63) is 74.8 Å². The summed E-state index contributed by atoms with van der Waals surface area (Å²) in [4.78, 5) is 45.2. The van der Waals surface area contributed by atoms with Gasteiger partial charge in [0.25, 0.3) is 5.56 Å². The molecular weight excluding hydrogens is 522 g/mol. The van der Waals surface area contributed by atoms with Crippen molar-refractivity contribution in [2.45, 2.75) is 76.9 Å². The Balaban J connectivity index is 1.71. The van der Waals surface area contributed by atoms with E-state index in [2.05, 4.69) is 4.98 Å². The maximum atomic E-state index is 14.0. The summed E-state index contributed by atoms with van der Waals surface area (Å²) in [6.45, 7) is 4.47. The van der Waals surface area contributed by atoms with Crippen LogP contribution in [0.25, 0.3) is 21.0 Å². The number of carboxylic acid groups (broad SMARTS) is 1. The summed E-state index contributed by atoms with van der Waals surface area (Å²) >= 11 is 1.21. The molecule has 39 heavy (non-hydrogen) atoms. The molecule has 206 valence electrons. The molecule has 0 amide bonds. The number of benzene rings is 1. The van der Waals surface area contributed by atoms with Crippen LogP contribution in [-0.4, -0.2) is 42.5 Å². The van der Waals surface area contributed by atoms with Gasteiger partial charge in [-0.3, -0.25) is 9.36 Å². The van der Waals surface area contributed by atoms with Crippen LogP contribution in [0.15, 0.2) is 56.8 Å². The topological polar surface area (TPSA) is 137 Å². The van der Waals surface area contributed by atoms with Crippen LogP contribution in [0.5, 0.6) is 0 Å². The van der Waals surface area contributed by atoms with Crippen molar-refractivity contribution in [2.75, 3.05) is 0 Å². The molecule has 4 aromatic rings. The van der Waals surface area contributed by atoms with Crippen molar-refractivity contribution in [1.82, 2.24) is 14.1 Å². The SMILES string of the molecule is Cc1c(-c2ncco2)sc2c1c(=O)n(C(C)(C)C(=O)O)c(=O)n2CC(OC1CCC(O)CC1)c1ccccc1. The number of hydrogen-bond donors (Lipinski definition) is 2. The number of carboxylic acids is 1. The van der Waals surface area contributed by atoms with Crippen molar-refractivity contribution >= 4 is 27.5 Å². The highest BCUT2D eigenvalue weighted by Gasteiger charge is 2.36. The van der Waals surface area contributed by atoms with Crippen LogP contribution in [0.4, 0.5) is 0 Å². The van der Waals surface area contributed by atoms with Crippen LogP contribution in [0.3, 0.4) is 0 Å². The number of nitrogens with zero attached hydrogens (tertiary/aromatic N) is 3. The molecule has 0 saturated heterocycles. The van der Waals surface area contributed by atoms with Crippen LogP contribution in [-0.2, 0) is 21.6 Å². The average molecular weight is 554 g/mol. The molecule has 1 fully saturated rings. The standard InChI is InChI=1S/C28H31N3O7S/c1-16-21-24(33)31(28(2,3)26(34)35)27(36)30(25(21)39-22(16)23-29-13-14-37-23)15-20(17-7-5-4-6-8-17)38-19-11-9-18(32)10-12-19/h4-8,13-14,18-20,32H,9-12,15H2,1-3H3,(H,34,35). The lowest BCUT2D eigenvalue weighted by atomic mass is 9.95. The van der Waals surface area contributed by atoms with E-state index in [-0.39, 0.29) is 24.1 Å². The lowest BCUT2D eigenvalue weighted by Gasteiger charge is -2.31. The van der Waals surface area contributed by atoms with Gasteiger partial charge in [0.1, 0.15) is 22.7 Å². The van der Waals surface area contributed by atoms with Crippen molar-refractivity contribution in [1.29, 1.82) is 0 Å². The average Bonchev–Trinajstić information content (AvgIpc) is 3.55. The quantitative estimate of drug-likeness (QED) is 0.333. The normalized spacial score (nSPS) is 18.9. The van der Waals surface area contributed by atoms with E-state index in [0.717, 1.165) is 10.1 Å². The molecule has 1 aliphatic carbocycles. The zero-order valence-corrected chi connectivity index (χ0v) is 22.8. The molecule has 5 rings (SSSR count). The van der Waals surface area contributed by atoms with E-state index >= 15 is 0 Å². The van der Waals surface area contributed by atoms with Crippen LogP contribution < -0.4 is 11.2 Å². The van der Waals surface area contributed by atoms with E-state index < -0.39 is 28.9 Å². The first-order valence-corrected chi connectivity index (χ1v) is 13.7. The van der Waals surface area contributed by atoms with Gasteiger partial charge in [-0.1, -0.05) is 30.3 Å². The Morgan fingerprint density at radius 2 is 1.90 bits per heavy atom. The molecule has 1 unspecified atom stereocenters. The van der Waals surface area contributed by atoms with Gasteiger partial charge in [0.2, 0.25) is 5.89 Å². The molecule has 3 aromatic heterocycles. The lowest BCUT2D eigenvalue weighted by Crippen LogP contribution is -2.52. The van der Waals surface area contributed by atoms with E-state index in [4.69, 9.17) is 9.15 Å². The predicted octanol–water partition coefficient (Wildman–Crippen LogP) is 4.07. The van der Waals surface area contributed by atoms with Crippen LogP contribution >= 0.6 is 11.3 Å². The van der Waals surface area contributed by atoms with Crippen LogP contribution in [0.1, 0.15) is 56.8 Å². The molecular formula is C28H31N3O7S. The van der Waals surface area contributed by atoms with Gasteiger partial charge in [-0.2, -0.15) is 0 Å². The Bertz CT molecular complexity index is 1590. The van der Waals surface area contributed by atoms with Gasteiger partial charge in [0, 0.05) is 0 Å². The second-order valence-corrected chi connectivity index (χ2v) is 11.4. The third kappa shape index (κ3) is 4.97. The summed E-state index contributed by atoms with van der Waals surface area (Å²) < 4.78 is 14.3. The predicted molar refractivity (Wildman–Crippen MR) is 146 cm³/mol. The number of ether oxygens (including phenoxy) is 1. The number of oxazole rings is 1. The second-order valence-electron chi connectivity index (χ2n) is 10.4. The van der Waals surface area contributed by atoms with E-state index in [1.807, 2.05) is 30.3 Å². The van der Waals surface area contributed by atoms with Gasteiger partial charge in [0.15, 0.2) is 0 Å². The Hall–Kier alpha value is -3.54. The van der Waals surface area contributed by atoms with Crippen molar-refractivity contribution in [3.8, 4) is 10.8 Å². The number of aliphatic carboxylic acids is 1. The maximum Gasteiger partial charge on any atom is 0.333 e. The van der Waals surface area contributed by atoms with E-state index in [0.29, 0.717) is 46.8 Å². The molecule has 3 heterocycles. The molecule has 0 aliphatic heterocycles. The molecule has 1 aliphatic rings. The van der Waals surface area contributed by atoms with E-state index in [1.165, 1.54) is 42.2 Å². The molecule has 10 nitrogen and oxygen atoms in total. The molecule has 1 aromatic carbocycles.